The lowest BCUT2D eigenvalue weighted by Crippen LogP contribution is -2.12. The fourth-order valence-corrected chi connectivity index (χ4v) is 1.74. The Kier molecular flexibility index (Phi) is 4.86. The summed E-state index contributed by atoms with van der Waals surface area (Å²) in [5, 5.41) is 3.29. The van der Waals surface area contributed by atoms with E-state index in [0.717, 1.165) is 12.1 Å². The van der Waals surface area contributed by atoms with Crippen molar-refractivity contribution < 1.29 is 13.5 Å². The molecule has 0 unspecified atom stereocenters. The molecule has 0 atom stereocenters. The zero-order valence-electron chi connectivity index (χ0n) is 10.4. The van der Waals surface area contributed by atoms with Crippen molar-refractivity contribution in [2.75, 3.05) is 0 Å². The number of alkyl halides is 2. The molecule has 0 bridgehead atoms. The van der Waals surface area contributed by atoms with Crippen molar-refractivity contribution in [2.45, 2.75) is 19.7 Å². The standard InChI is InChI=1S/C15H15F2NO/c16-15(17)19-14-8-6-13(7-9-14)11-18-10-12-4-2-1-3-5-12/h1-9,15,18H,10-11H2. The molecule has 0 amide bonds. The van der Waals surface area contributed by atoms with Crippen LogP contribution in [0.15, 0.2) is 54.6 Å². The topological polar surface area (TPSA) is 21.3 Å². The molecule has 0 aliphatic carbocycles. The molecular weight excluding hydrogens is 248 g/mol. The van der Waals surface area contributed by atoms with Gasteiger partial charge in [-0.25, -0.2) is 0 Å². The molecule has 0 aliphatic rings. The highest BCUT2D eigenvalue weighted by Crippen LogP contribution is 2.14. The number of hydrogen-bond acceptors (Lipinski definition) is 2. The molecule has 2 aromatic carbocycles. The minimum Gasteiger partial charge on any atom is -0.435 e. The van der Waals surface area contributed by atoms with Crippen LogP contribution in [0, 0.1) is 0 Å². The van der Waals surface area contributed by atoms with Gasteiger partial charge in [-0.3, -0.25) is 0 Å². The molecule has 100 valence electrons. The second kappa shape index (κ2) is 6.85. The summed E-state index contributed by atoms with van der Waals surface area (Å²) in [6, 6.07) is 16.7. The normalized spacial score (nSPS) is 10.7. The van der Waals surface area contributed by atoms with E-state index in [0.29, 0.717) is 6.54 Å². The van der Waals surface area contributed by atoms with E-state index in [-0.39, 0.29) is 5.75 Å². The van der Waals surface area contributed by atoms with Crippen molar-refractivity contribution in [3.05, 3.63) is 65.7 Å². The maximum Gasteiger partial charge on any atom is 0.387 e. The van der Waals surface area contributed by atoms with Crippen LogP contribution in [0.25, 0.3) is 0 Å². The van der Waals surface area contributed by atoms with Gasteiger partial charge in [0.1, 0.15) is 5.75 Å². The fraction of sp³-hybridized carbons (Fsp3) is 0.200. The average Bonchev–Trinajstić information content (AvgIpc) is 2.41. The van der Waals surface area contributed by atoms with Crippen molar-refractivity contribution in [1.29, 1.82) is 0 Å². The van der Waals surface area contributed by atoms with Crippen LogP contribution in [0.2, 0.25) is 0 Å². The molecule has 0 heterocycles. The summed E-state index contributed by atoms with van der Waals surface area (Å²) in [6.45, 7) is -1.32. The monoisotopic (exact) mass is 263 g/mol. The molecule has 4 heteroatoms. The molecule has 0 spiro atoms. The quantitative estimate of drug-likeness (QED) is 0.860. The van der Waals surface area contributed by atoms with Crippen LogP contribution in [-0.4, -0.2) is 6.61 Å². The van der Waals surface area contributed by atoms with Gasteiger partial charge in [0.05, 0.1) is 0 Å². The minimum absolute atomic E-state index is 0.182. The summed E-state index contributed by atoms with van der Waals surface area (Å²) in [6.07, 6.45) is 0. The Hall–Kier alpha value is -1.94. The van der Waals surface area contributed by atoms with Crippen LogP contribution in [0.1, 0.15) is 11.1 Å². The molecule has 1 N–H and O–H groups in total. The van der Waals surface area contributed by atoms with Crippen LogP contribution < -0.4 is 10.1 Å². The first-order valence-electron chi connectivity index (χ1n) is 6.02. The Bertz CT molecular complexity index is 485. The lowest BCUT2D eigenvalue weighted by molar-refractivity contribution is -0.0498. The van der Waals surface area contributed by atoms with Crippen LogP contribution in [0.4, 0.5) is 8.78 Å². The second-order valence-corrected chi connectivity index (χ2v) is 4.11. The van der Waals surface area contributed by atoms with Crippen molar-refractivity contribution >= 4 is 0 Å². The van der Waals surface area contributed by atoms with Gasteiger partial charge in [-0.15, -0.1) is 0 Å². The SMILES string of the molecule is FC(F)Oc1ccc(CNCc2ccccc2)cc1. The highest BCUT2D eigenvalue weighted by atomic mass is 19.3. The maximum absolute atomic E-state index is 12.0. The van der Waals surface area contributed by atoms with Gasteiger partial charge in [-0.2, -0.15) is 8.78 Å². The van der Waals surface area contributed by atoms with Gasteiger partial charge in [-0.1, -0.05) is 42.5 Å². The predicted octanol–water partition coefficient (Wildman–Crippen LogP) is 3.58. The molecule has 2 nitrogen and oxygen atoms in total. The third-order valence-electron chi connectivity index (χ3n) is 2.65. The van der Waals surface area contributed by atoms with E-state index in [1.807, 2.05) is 30.3 Å². The van der Waals surface area contributed by atoms with E-state index in [2.05, 4.69) is 10.1 Å². The molecule has 19 heavy (non-hydrogen) atoms. The first kappa shape index (κ1) is 13.5. The van der Waals surface area contributed by atoms with E-state index in [4.69, 9.17) is 0 Å². The summed E-state index contributed by atoms with van der Waals surface area (Å²) in [5.41, 5.74) is 2.23. The first-order chi connectivity index (χ1) is 9.24. The number of rotatable bonds is 6. The van der Waals surface area contributed by atoms with Gasteiger partial charge in [0.25, 0.3) is 0 Å². The Morgan fingerprint density at radius 2 is 1.42 bits per heavy atom. The Labute approximate surface area is 111 Å². The van der Waals surface area contributed by atoms with Crippen LogP contribution in [0.3, 0.4) is 0 Å². The van der Waals surface area contributed by atoms with Gasteiger partial charge in [-0.05, 0) is 23.3 Å². The van der Waals surface area contributed by atoms with Crippen LogP contribution in [0.5, 0.6) is 5.75 Å². The van der Waals surface area contributed by atoms with E-state index >= 15 is 0 Å². The van der Waals surface area contributed by atoms with Crippen molar-refractivity contribution in [3.63, 3.8) is 0 Å². The number of benzene rings is 2. The first-order valence-corrected chi connectivity index (χ1v) is 6.02. The van der Waals surface area contributed by atoms with Crippen LogP contribution >= 0.6 is 0 Å². The zero-order chi connectivity index (χ0) is 13.5. The van der Waals surface area contributed by atoms with Gasteiger partial charge in [0.2, 0.25) is 0 Å². The molecule has 2 aromatic rings. The van der Waals surface area contributed by atoms with Crippen molar-refractivity contribution in [2.24, 2.45) is 0 Å². The zero-order valence-corrected chi connectivity index (χ0v) is 10.4. The highest BCUT2D eigenvalue weighted by Gasteiger charge is 2.03. The number of nitrogens with one attached hydrogen (secondary N) is 1. The molecular formula is C15H15F2NO. The minimum atomic E-state index is -2.78. The maximum atomic E-state index is 12.0. The van der Waals surface area contributed by atoms with Crippen molar-refractivity contribution in [1.82, 2.24) is 5.32 Å². The Balaban J connectivity index is 1.80. The summed E-state index contributed by atoms with van der Waals surface area (Å²) >= 11 is 0. The largest absolute Gasteiger partial charge is 0.435 e. The summed E-state index contributed by atoms with van der Waals surface area (Å²) in [5.74, 6) is 0.182. The molecule has 0 aliphatic heterocycles. The average molecular weight is 263 g/mol. The molecule has 0 radical (unpaired) electrons. The molecule has 2 rings (SSSR count). The summed E-state index contributed by atoms with van der Waals surface area (Å²) in [7, 11) is 0. The Morgan fingerprint density at radius 1 is 0.842 bits per heavy atom. The van der Waals surface area contributed by atoms with E-state index < -0.39 is 6.61 Å². The second-order valence-electron chi connectivity index (χ2n) is 4.11. The summed E-state index contributed by atoms with van der Waals surface area (Å²) in [4.78, 5) is 0. The Morgan fingerprint density at radius 3 is 2.00 bits per heavy atom. The molecule has 0 aromatic heterocycles. The highest BCUT2D eigenvalue weighted by molar-refractivity contribution is 5.27. The third-order valence-corrected chi connectivity index (χ3v) is 2.65. The molecule has 0 saturated carbocycles. The van der Waals surface area contributed by atoms with E-state index in [1.54, 1.807) is 24.3 Å². The van der Waals surface area contributed by atoms with Gasteiger partial charge in [0, 0.05) is 13.1 Å². The molecule has 0 fully saturated rings. The van der Waals surface area contributed by atoms with Crippen molar-refractivity contribution in [3.8, 4) is 5.75 Å². The van der Waals surface area contributed by atoms with Gasteiger partial charge in [0.15, 0.2) is 0 Å². The van der Waals surface area contributed by atoms with Gasteiger partial charge < -0.3 is 10.1 Å². The van der Waals surface area contributed by atoms with Gasteiger partial charge >= 0.3 is 6.61 Å². The number of halogens is 2. The van der Waals surface area contributed by atoms with E-state index in [1.165, 1.54) is 5.56 Å². The smallest absolute Gasteiger partial charge is 0.387 e. The van der Waals surface area contributed by atoms with Crippen LogP contribution in [-0.2, 0) is 13.1 Å². The summed E-state index contributed by atoms with van der Waals surface area (Å²) < 4.78 is 28.2. The third kappa shape index (κ3) is 4.67. The fourth-order valence-electron chi connectivity index (χ4n) is 1.74. The van der Waals surface area contributed by atoms with E-state index in [9.17, 15) is 8.78 Å². The number of hydrogen-bond donors (Lipinski definition) is 1. The predicted molar refractivity (Wildman–Crippen MR) is 70.1 cm³/mol. The number of ether oxygens (including phenoxy) is 1. The lowest BCUT2D eigenvalue weighted by atomic mass is 10.2. The molecule has 0 saturated heterocycles. The lowest BCUT2D eigenvalue weighted by Gasteiger charge is -2.07.